The maximum absolute atomic E-state index is 8.52. The molecule has 2 aromatic rings. The van der Waals surface area contributed by atoms with Gasteiger partial charge in [0, 0.05) is 17.5 Å². The zero-order chi connectivity index (χ0) is 25.5. The second kappa shape index (κ2) is 22.0. The van der Waals surface area contributed by atoms with Crippen LogP contribution in [0.1, 0.15) is 39.5 Å². The molecule has 0 amide bonds. The van der Waals surface area contributed by atoms with Gasteiger partial charge < -0.3 is 23.7 Å². The van der Waals surface area contributed by atoms with Crippen LogP contribution in [-0.4, -0.2) is 65.3 Å². The van der Waals surface area contributed by atoms with Crippen molar-refractivity contribution in [3.05, 3.63) is 37.4 Å². The predicted octanol–water partition coefficient (Wildman–Crippen LogP) is 0.529. The Labute approximate surface area is 198 Å². The molecule has 0 aromatic carbocycles. The maximum Gasteiger partial charge on any atom is 0.243 e. The number of imidazole rings is 2. The fourth-order valence-corrected chi connectivity index (χ4v) is 2.26. The van der Waals surface area contributed by atoms with Gasteiger partial charge in [-0.2, -0.15) is 0 Å². The predicted molar refractivity (Wildman–Crippen MR) is 121 cm³/mol. The van der Waals surface area contributed by atoms with Crippen molar-refractivity contribution in [2.24, 2.45) is 14.1 Å². The zero-order valence-electron chi connectivity index (χ0n) is 20.6. The van der Waals surface area contributed by atoms with Gasteiger partial charge in [-0.05, 0) is 12.8 Å². The molecule has 0 aliphatic rings. The van der Waals surface area contributed by atoms with Crippen molar-refractivity contribution < 1.29 is 41.2 Å². The van der Waals surface area contributed by atoms with Gasteiger partial charge in [-0.3, -0.25) is 8.42 Å². The Hall–Kier alpha value is -1.83. The Bertz CT molecular complexity index is 721. The van der Waals surface area contributed by atoms with Crippen LogP contribution in [-0.2, 0) is 47.1 Å². The lowest BCUT2D eigenvalue weighted by atomic mass is 10.3. The molecule has 0 aliphatic heterocycles. The number of aromatic nitrogens is 4. The fraction of sp³-hybridized carbons (Fsp3) is 0.714. The van der Waals surface area contributed by atoms with Crippen LogP contribution in [0.3, 0.4) is 0 Å². The van der Waals surface area contributed by atoms with Crippen LogP contribution in [0.2, 0.25) is 0 Å². The van der Waals surface area contributed by atoms with Crippen LogP contribution in [0.25, 0.3) is 0 Å². The van der Waals surface area contributed by atoms with E-state index in [9.17, 15) is 0 Å². The van der Waals surface area contributed by atoms with Crippen LogP contribution in [0.4, 0.5) is 0 Å². The van der Waals surface area contributed by atoms with E-state index in [1.165, 1.54) is 25.7 Å². The van der Waals surface area contributed by atoms with Gasteiger partial charge in [-0.25, -0.2) is 18.3 Å². The lowest BCUT2D eigenvalue weighted by Crippen LogP contribution is -2.23. The first-order valence-corrected chi connectivity index (χ1v) is 12.3. The van der Waals surface area contributed by atoms with Gasteiger partial charge in [0.15, 0.2) is 0 Å². The minimum atomic E-state index is -5.17. The minimum absolute atomic E-state index is 0.0870. The van der Waals surface area contributed by atoms with E-state index in [1.807, 2.05) is 14.1 Å². The van der Waals surface area contributed by atoms with Crippen LogP contribution in [0.5, 0.6) is 0 Å². The fourth-order valence-electron chi connectivity index (χ4n) is 2.26. The quantitative estimate of drug-likeness (QED) is 0.208. The summed E-state index contributed by atoms with van der Waals surface area (Å²) in [5, 5.41) is 8.20. The Morgan fingerprint density at radius 3 is 1.58 bits per heavy atom. The molecule has 0 fully saturated rings. The summed E-state index contributed by atoms with van der Waals surface area (Å²) in [5.74, 6) is 0. The number of aliphatic hydroxyl groups is 1. The average molecular weight is 495 g/mol. The smallest absolute Gasteiger partial charge is 0.243 e. The second-order valence-electron chi connectivity index (χ2n) is 7.08. The van der Waals surface area contributed by atoms with Gasteiger partial charge in [-0.15, -0.1) is 0 Å². The van der Waals surface area contributed by atoms with Gasteiger partial charge in [0.05, 0.1) is 53.6 Å². The molecule has 2 aromatic heterocycles. The highest BCUT2D eigenvalue weighted by Crippen LogP contribution is 1.92. The van der Waals surface area contributed by atoms with Crippen molar-refractivity contribution in [2.45, 2.75) is 52.6 Å². The molecule has 0 radical (unpaired) electrons. The molecule has 194 valence electrons. The summed E-state index contributed by atoms with van der Waals surface area (Å²) >= 11 is 0. The number of aryl methyl sites for hydroxylation is 4. The summed E-state index contributed by atoms with van der Waals surface area (Å²) in [7, 11) is 0.535. The number of nitrogens with zero attached hydrogens (tertiary/aromatic N) is 4. The Kier molecular flexibility index (Phi) is 22.2. The molecule has 33 heavy (non-hydrogen) atoms. The van der Waals surface area contributed by atoms with E-state index >= 15 is 0 Å². The number of methoxy groups -OCH3 is 1. The van der Waals surface area contributed by atoms with Crippen molar-refractivity contribution in [1.82, 2.24) is 9.13 Å². The van der Waals surface area contributed by atoms with E-state index in [4.69, 9.17) is 27.4 Å². The molecule has 0 spiro atoms. The largest absolute Gasteiger partial charge is 0.759 e. The zero-order valence-corrected chi connectivity index (χ0v) is 21.4. The number of ether oxygens (including phenoxy) is 2. The monoisotopic (exact) mass is 494 g/mol. The molecule has 2 heterocycles. The average Bonchev–Trinajstić information content (AvgIpc) is 3.35. The first-order valence-electron chi connectivity index (χ1n) is 10.9. The van der Waals surface area contributed by atoms with E-state index in [-0.39, 0.29) is 6.61 Å². The standard InChI is InChI=1S/2C8H15N2.C5H12O3.H2O4S/c2*1-3-4-5-10-7-6-9(2)8-10;1-7-4-5-8-3-2-6;1-5(2,3)4/h2*6-8H,3-5H2,1-2H3;6H,2-5H2,1H3;(H2,1,2,3,4)/q2*+1;;/p-2. The topological polar surface area (TPSA) is 137 Å². The van der Waals surface area contributed by atoms with Crippen LogP contribution in [0.15, 0.2) is 37.4 Å². The van der Waals surface area contributed by atoms with Crippen molar-refractivity contribution >= 4 is 10.4 Å². The van der Waals surface area contributed by atoms with E-state index in [2.05, 4.69) is 74.3 Å². The Balaban J connectivity index is 0. The summed E-state index contributed by atoms with van der Waals surface area (Å²) < 4.78 is 52.2. The number of aliphatic hydroxyl groups excluding tert-OH is 1. The number of hydrogen-bond acceptors (Lipinski definition) is 7. The molecule has 0 saturated carbocycles. The number of unbranched alkanes of at least 4 members (excludes halogenated alkanes) is 2. The van der Waals surface area contributed by atoms with E-state index in [0.717, 1.165) is 13.1 Å². The third kappa shape index (κ3) is 28.1. The lowest BCUT2D eigenvalue weighted by molar-refractivity contribution is -0.671. The SMILES string of the molecule is CCCCn1cc[n+](C)c1.CCCCn1cc[n+](C)c1.COCCOCCO.O=S(=O)([O-])[O-]. The highest BCUT2D eigenvalue weighted by molar-refractivity contribution is 7.79. The van der Waals surface area contributed by atoms with Gasteiger partial charge >= 0.3 is 0 Å². The molecular formula is C21H42N4O7S. The van der Waals surface area contributed by atoms with Crippen molar-refractivity contribution in [3.63, 3.8) is 0 Å². The van der Waals surface area contributed by atoms with Crippen LogP contribution in [0, 0.1) is 0 Å². The normalized spacial score (nSPS) is 10.3. The van der Waals surface area contributed by atoms with E-state index in [1.54, 1.807) is 7.11 Å². The van der Waals surface area contributed by atoms with Crippen molar-refractivity contribution in [1.29, 1.82) is 0 Å². The highest BCUT2D eigenvalue weighted by Gasteiger charge is 1.97. The first-order chi connectivity index (χ1) is 15.6. The van der Waals surface area contributed by atoms with Crippen molar-refractivity contribution in [2.75, 3.05) is 33.5 Å². The van der Waals surface area contributed by atoms with Crippen LogP contribution >= 0.6 is 0 Å². The first kappa shape index (κ1) is 33.3. The molecule has 0 unspecified atom stereocenters. The van der Waals surface area contributed by atoms with E-state index < -0.39 is 10.4 Å². The summed E-state index contributed by atoms with van der Waals surface area (Å²) in [6.07, 6.45) is 17.6. The third-order valence-corrected chi connectivity index (χ3v) is 3.85. The highest BCUT2D eigenvalue weighted by atomic mass is 32.3. The number of rotatable bonds is 11. The van der Waals surface area contributed by atoms with E-state index in [0.29, 0.717) is 19.8 Å². The second-order valence-corrected chi connectivity index (χ2v) is 7.89. The lowest BCUT2D eigenvalue weighted by Gasteiger charge is -2.06. The van der Waals surface area contributed by atoms with Crippen molar-refractivity contribution in [3.8, 4) is 0 Å². The molecule has 2 rings (SSSR count). The summed E-state index contributed by atoms with van der Waals surface area (Å²) in [6.45, 7) is 8.38. The third-order valence-electron chi connectivity index (χ3n) is 3.85. The molecular weight excluding hydrogens is 452 g/mol. The molecule has 0 aliphatic carbocycles. The summed E-state index contributed by atoms with van der Waals surface area (Å²) in [5.41, 5.74) is 0. The van der Waals surface area contributed by atoms with Crippen LogP contribution < -0.4 is 9.13 Å². The molecule has 11 nitrogen and oxygen atoms in total. The summed E-state index contributed by atoms with van der Waals surface area (Å²) in [6, 6.07) is 0. The maximum atomic E-state index is 8.52. The minimum Gasteiger partial charge on any atom is -0.759 e. The number of hydrogen-bond donors (Lipinski definition) is 1. The Morgan fingerprint density at radius 1 is 0.879 bits per heavy atom. The van der Waals surface area contributed by atoms with Gasteiger partial charge in [0.25, 0.3) is 0 Å². The Morgan fingerprint density at radius 2 is 1.30 bits per heavy atom. The molecule has 0 saturated heterocycles. The van der Waals surface area contributed by atoms with Gasteiger partial charge in [0.2, 0.25) is 12.7 Å². The van der Waals surface area contributed by atoms with Gasteiger partial charge in [-0.1, -0.05) is 26.7 Å². The molecule has 0 atom stereocenters. The molecule has 0 bridgehead atoms. The van der Waals surface area contributed by atoms with Gasteiger partial charge in [0.1, 0.15) is 24.8 Å². The summed E-state index contributed by atoms with van der Waals surface area (Å²) in [4.78, 5) is 0. The molecule has 1 N–H and O–H groups in total. The molecule has 12 heteroatoms.